The Kier molecular flexibility index (Phi) is 6.11. The fourth-order valence-corrected chi connectivity index (χ4v) is 7.97. The van der Waals surface area contributed by atoms with Crippen LogP contribution < -0.4 is 5.32 Å². The lowest BCUT2D eigenvalue weighted by Crippen LogP contribution is -2.31. The summed E-state index contributed by atoms with van der Waals surface area (Å²) in [5, 5.41) is 15.4. The molecule has 0 unspecified atom stereocenters. The highest BCUT2D eigenvalue weighted by Gasteiger charge is 2.50. The number of para-hydroxylation sites is 1. The van der Waals surface area contributed by atoms with Gasteiger partial charge in [-0.3, -0.25) is 10.1 Å². The highest BCUT2D eigenvalue weighted by atomic mass is 127. The molecule has 2 aliphatic rings. The number of hydrogen-bond donors (Lipinski definition) is 1. The highest BCUT2D eigenvalue weighted by molar-refractivity contribution is 14.1. The van der Waals surface area contributed by atoms with Crippen LogP contribution in [0.1, 0.15) is 35.1 Å². The predicted molar refractivity (Wildman–Crippen MR) is 140 cm³/mol. The van der Waals surface area contributed by atoms with Crippen LogP contribution in [0, 0.1) is 26.5 Å². The van der Waals surface area contributed by atoms with Gasteiger partial charge in [0, 0.05) is 26.5 Å². The second-order valence-corrected chi connectivity index (χ2v) is 11.5. The van der Waals surface area contributed by atoms with Gasteiger partial charge in [-0.2, -0.15) is 0 Å². The second kappa shape index (κ2) is 8.88. The van der Waals surface area contributed by atoms with Gasteiger partial charge in [0.05, 0.1) is 21.2 Å². The minimum absolute atomic E-state index is 0.0879. The first kappa shape index (κ1) is 22.0. The number of nitro groups is 1. The molecule has 7 heteroatoms. The van der Waals surface area contributed by atoms with Crippen molar-refractivity contribution in [1.29, 1.82) is 0 Å². The zero-order chi connectivity index (χ0) is 22.4. The van der Waals surface area contributed by atoms with Crippen LogP contribution in [0.2, 0.25) is 0 Å². The molecule has 1 N–H and O–H groups in total. The predicted octanol–water partition coefficient (Wildman–Crippen LogP) is 7.55. The third-order valence-corrected chi connectivity index (χ3v) is 9.32. The summed E-state index contributed by atoms with van der Waals surface area (Å²) in [6, 6.07) is 22.1. The largest absolute Gasteiger partial charge is 0.377 e. The van der Waals surface area contributed by atoms with Crippen molar-refractivity contribution < 1.29 is 4.92 Å². The number of alkyl halides is 1. The van der Waals surface area contributed by atoms with E-state index >= 15 is 0 Å². The number of fused-ring (bicyclic) bond motifs is 3. The zero-order valence-electron chi connectivity index (χ0n) is 17.4. The van der Waals surface area contributed by atoms with Crippen molar-refractivity contribution in [3.8, 4) is 0 Å². The smallest absolute Gasteiger partial charge is 0.282 e. The van der Waals surface area contributed by atoms with Crippen LogP contribution in [0.15, 0.2) is 71.6 Å². The molecule has 3 aromatic rings. The van der Waals surface area contributed by atoms with Gasteiger partial charge in [-0.05, 0) is 76.7 Å². The van der Waals surface area contributed by atoms with E-state index in [4.69, 9.17) is 11.6 Å². The van der Waals surface area contributed by atoms with Crippen molar-refractivity contribution in [3.63, 3.8) is 0 Å². The van der Waals surface area contributed by atoms with Crippen LogP contribution in [0.3, 0.4) is 0 Å². The van der Waals surface area contributed by atoms with Gasteiger partial charge in [0.2, 0.25) is 0 Å². The summed E-state index contributed by atoms with van der Waals surface area (Å²) >= 11 is 11.1. The molecule has 5 atom stereocenters. The van der Waals surface area contributed by atoms with Gasteiger partial charge in [0.15, 0.2) is 0 Å². The highest BCUT2D eigenvalue weighted by Crippen LogP contribution is 2.58. The van der Waals surface area contributed by atoms with Crippen LogP contribution in [0.5, 0.6) is 0 Å². The maximum absolute atomic E-state index is 11.6. The van der Waals surface area contributed by atoms with E-state index in [0.717, 1.165) is 6.42 Å². The number of nitro benzene ring substituents is 1. The van der Waals surface area contributed by atoms with Crippen molar-refractivity contribution in [2.24, 2.45) is 5.92 Å². The molecule has 1 aliphatic carbocycles. The molecule has 32 heavy (non-hydrogen) atoms. The second-order valence-electron chi connectivity index (χ2n) is 8.47. The molecule has 0 spiro atoms. The molecule has 0 aromatic heterocycles. The first-order chi connectivity index (χ1) is 15.4. The first-order valence-corrected chi connectivity index (χ1v) is 13.0. The molecule has 0 saturated heterocycles. The Balaban J connectivity index is 1.56. The Hall–Kier alpha value is -1.77. The molecule has 1 aliphatic heterocycles. The Morgan fingerprint density at radius 1 is 1.12 bits per heavy atom. The van der Waals surface area contributed by atoms with Crippen LogP contribution in [-0.4, -0.2) is 15.6 Å². The van der Waals surface area contributed by atoms with Gasteiger partial charge in [-0.25, -0.2) is 0 Å². The van der Waals surface area contributed by atoms with Gasteiger partial charge in [-0.1, -0.05) is 42.5 Å². The SMILES string of the molecule is Cc1cc(I)cc2c1N[C@H](c1ccccc1)[C@@H]1C[C@H](Sc3ccccc3[N+](=O)[O-])[C@H](Cl)[C@@H]21. The molecule has 164 valence electrons. The number of nitrogens with one attached hydrogen (secondary N) is 1. The van der Waals surface area contributed by atoms with Crippen LogP contribution >= 0.6 is 46.0 Å². The van der Waals surface area contributed by atoms with Gasteiger partial charge in [-0.15, -0.1) is 23.4 Å². The van der Waals surface area contributed by atoms with Gasteiger partial charge in [0.1, 0.15) is 0 Å². The third-order valence-electron chi connectivity index (χ3n) is 6.58. The lowest BCUT2D eigenvalue weighted by Gasteiger charge is -2.39. The number of rotatable bonds is 4. The summed E-state index contributed by atoms with van der Waals surface area (Å²) < 4.78 is 1.20. The molecular formula is C25H22ClIN2O2S. The molecule has 4 nitrogen and oxygen atoms in total. The summed E-state index contributed by atoms with van der Waals surface area (Å²) in [6.07, 6.45) is 0.895. The topological polar surface area (TPSA) is 55.2 Å². The molecule has 1 heterocycles. The molecular weight excluding hydrogens is 555 g/mol. The summed E-state index contributed by atoms with van der Waals surface area (Å²) in [6.45, 7) is 2.15. The standard InChI is InChI=1S/C25H22ClIN2O2S/c1-14-11-16(27)12-17-22-18(25(28-24(14)17)15-7-3-2-4-8-15)13-21(23(22)26)32-20-10-6-5-9-19(20)29(30)31/h2-12,18,21-23,25,28H,13H2,1H3/t18-,21+,22+,23+,25-/m1/s1. The minimum atomic E-state index is -0.303. The van der Waals surface area contributed by atoms with Gasteiger partial charge in [0.25, 0.3) is 5.69 Å². The van der Waals surface area contributed by atoms with Gasteiger partial charge >= 0.3 is 0 Å². The number of anilines is 1. The van der Waals surface area contributed by atoms with Crippen molar-refractivity contribution in [2.45, 2.75) is 40.8 Å². The number of nitrogens with zero attached hydrogens (tertiary/aromatic N) is 1. The number of halogens is 2. The van der Waals surface area contributed by atoms with Gasteiger partial charge < -0.3 is 5.32 Å². The minimum Gasteiger partial charge on any atom is -0.377 e. The number of benzene rings is 3. The van der Waals surface area contributed by atoms with Crippen molar-refractivity contribution in [1.82, 2.24) is 0 Å². The molecule has 3 aromatic carbocycles. The van der Waals surface area contributed by atoms with E-state index in [2.05, 4.69) is 71.2 Å². The summed E-state index contributed by atoms with van der Waals surface area (Å²) in [4.78, 5) is 11.9. The van der Waals surface area contributed by atoms with E-state index in [-0.39, 0.29) is 33.2 Å². The number of thioether (sulfide) groups is 1. The Bertz CT molecular complexity index is 1180. The zero-order valence-corrected chi connectivity index (χ0v) is 21.1. The summed E-state index contributed by atoms with van der Waals surface area (Å²) in [7, 11) is 0. The fraction of sp³-hybridized carbons (Fsp3) is 0.280. The van der Waals surface area contributed by atoms with Crippen LogP contribution in [0.4, 0.5) is 11.4 Å². The lowest BCUT2D eigenvalue weighted by molar-refractivity contribution is -0.387. The normalized spacial score (nSPS) is 26.2. The van der Waals surface area contributed by atoms with Crippen LogP contribution in [-0.2, 0) is 0 Å². The molecule has 0 amide bonds. The molecule has 1 fully saturated rings. The van der Waals surface area contributed by atoms with Crippen LogP contribution in [0.25, 0.3) is 0 Å². The lowest BCUT2D eigenvalue weighted by atomic mass is 9.76. The Morgan fingerprint density at radius 3 is 2.59 bits per heavy atom. The Morgan fingerprint density at radius 2 is 1.84 bits per heavy atom. The van der Waals surface area contributed by atoms with E-state index in [0.29, 0.717) is 10.8 Å². The molecule has 0 bridgehead atoms. The average Bonchev–Trinajstić information content (AvgIpc) is 3.10. The van der Waals surface area contributed by atoms with E-state index in [1.165, 1.54) is 25.9 Å². The summed E-state index contributed by atoms with van der Waals surface area (Å²) in [5.41, 5.74) is 5.09. The summed E-state index contributed by atoms with van der Waals surface area (Å²) in [5.74, 6) is 0.497. The molecule has 0 radical (unpaired) electrons. The molecule has 1 saturated carbocycles. The number of hydrogen-bond acceptors (Lipinski definition) is 4. The van der Waals surface area contributed by atoms with Crippen molar-refractivity contribution >= 4 is 57.3 Å². The Labute approximate surface area is 210 Å². The van der Waals surface area contributed by atoms with E-state index in [1.807, 2.05) is 18.2 Å². The van der Waals surface area contributed by atoms with E-state index in [1.54, 1.807) is 23.9 Å². The fourth-order valence-electron chi connectivity index (χ4n) is 5.22. The van der Waals surface area contributed by atoms with E-state index in [9.17, 15) is 10.1 Å². The number of aryl methyl sites for hydroxylation is 1. The van der Waals surface area contributed by atoms with E-state index < -0.39 is 0 Å². The van der Waals surface area contributed by atoms with Crippen molar-refractivity contribution in [3.05, 3.63) is 97.1 Å². The average molecular weight is 577 g/mol. The maximum atomic E-state index is 11.6. The monoisotopic (exact) mass is 576 g/mol. The molecule has 5 rings (SSSR count). The maximum Gasteiger partial charge on any atom is 0.282 e. The van der Waals surface area contributed by atoms with Crippen molar-refractivity contribution in [2.75, 3.05) is 5.32 Å². The third kappa shape index (κ3) is 3.90. The quantitative estimate of drug-likeness (QED) is 0.151. The first-order valence-electron chi connectivity index (χ1n) is 10.6.